The number of benzene rings is 1. The van der Waals surface area contributed by atoms with E-state index in [1.54, 1.807) is 42.5 Å². The molecule has 6 rings (SSSR count). The zero-order chi connectivity index (χ0) is 42.5. The number of aromatic nitrogens is 3. The molecule has 3 N–H and O–H groups in total. The summed E-state index contributed by atoms with van der Waals surface area (Å²) in [7, 11) is 1.70. The van der Waals surface area contributed by atoms with E-state index in [2.05, 4.69) is 15.0 Å². The van der Waals surface area contributed by atoms with Crippen LogP contribution in [0.2, 0.25) is 5.02 Å². The Balaban J connectivity index is 1.35. The fourth-order valence-electron chi connectivity index (χ4n) is 8.17. The van der Waals surface area contributed by atoms with Gasteiger partial charge in [0, 0.05) is 37.9 Å². The maximum atomic E-state index is 17.0. The number of alkyl halides is 5. The maximum absolute atomic E-state index is 17.0. The number of fused-ring (bicyclic) bond motifs is 3. The van der Waals surface area contributed by atoms with Crippen molar-refractivity contribution < 1.29 is 50.5 Å². The highest BCUT2D eigenvalue weighted by Gasteiger charge is 2.71. The van der Waals surface area contributed by atoms with Gasteiger partial charge in [-0.15, -0.1) is 0 Å². The summed E-state index contributed by atoms with van der Waals surface area (Å²) >= 11 is 6.62. The number of pyridine rings is 1. The van der Waals surface area contributed by atoms with E-state index in [1.165, 1.54) is 6.07 Å². The molecule has 2 unspecified atom stereocenters. The lowest BCUT2D eigenvalue weighted by molar-refractivity contribution is -0.138. The van der Waals surface area contributed by atoms with Crippen molar-refractivity contribution in [1.82, 2.24) is 24.8 Å². The van der Waals surface area contributed by atoms with Crippen molar-refractivity contribution in [3.8, 4) is 17.3 Å². The molecule has 1 saturated carbocycles. The van der Waals surface area contributed by atoms with Crippen LogP contribution in [0.1, 0.15) is 83.3 Å². The number of nitrogen functional groups attached to an aromatic ring is 1. The minimum absolute atomic E-state index is 0.0208. The third-order valence-corrected chi connectivity index (χ3v) is 11.2. The Hall–Kier alpha value is -4.32. The molecule has 0 spiro atoms. The van der Waals surface area contributed by atoms with E-state index in [1.807, 2.05) is 0 Å². The van der Waals surface area contributed by atoms with Gasteiger partial charge in [0.25, 0.3) is 5.92 Å². The molecule has 2 bridgehead atoms. The number of piperazine rings is 1. The Morgan fingerprint density at radius 2 is 1.69 bits per heavy atom. The lowest BCUT2D eigenvalue weighted by Crippen LogP contribution is -2.57. The largest absolute Gasteiger partial charge is 0.481 e. The van der Waals surface area contributed by atoms with Crippen LogP contribution in [0.4, 0.5) is 42.8 Å². The van der Waals surface area contributed by atoms with Gasteiger partial charge in [-0.05, 0) is 84.7 Å². The van der Waals surface area contributed by atoms with Crippen LogP contribution in [-0.2, 0) is 15.7 Å². The Bertz CT molecular complexity index is 2050. The van der Waals surface area contributed by atoms with E-state index in [9.17, 15) is 22.8 Å². The number of anilines is 2. The number of carbonyl (C=O) groups is 2. The SMILES string of the molecule is Cc1cc(N)nc(-c2c(Cl)cc3c(N4CC5CCC(C4)N5C(=O)OC(C)(C)C)nc(OC[C@]4(CN(C)CCCCCCC(=O)O)CC4(F)F)nc3c2F)c1C(F)(F)F. The summed E-state index contributed by atoms with van der Waals surface area (Å²) in [6.45, 7) is 6.73. The van der Waals surface area contributed by atoms with Gasteiger partial charge in [-0.2, -0.15) is 23.1 Å². The van der Waals surface area contributed by atoms with Crippen LogP contribution in [0, 0.1) is 18.2 Å². The monoisotopic (exact) mass is 843 g/mol. The first-order valence-electron chi connectivity index (χ1n) is 19.2. The number of ether oxygens (including phenoxy) is 2. The number of nitrogens with two attached hydrogens (primary N) is 1. The number of aryl methyl sites for hydroxylation is 1. The summed E-state index contributed by atoms with van der Waals surface area (Å²) in [5, 5.41) is 8.43. The van der Waals surface area contributed by atoms with Crippen molar-refractivity contribution in [2.24, 2.45) is 5.41 Å². The molecule has 2 saturated heterocycles. The third kappa shape index (κ3) is 9.11. The van der Waals surface area contributed by atoms with Crippen molar-refractivity contribution in [3.63, 3.8) is 0 Å². The number of amides is 1. The van der Waals surface area contributed by atoms with E-state index in [-0.39, 0.29) is 60.7 Å². The molecule has 58 heavy (non-hydrogen) atoms. The fraction of sp³-hybridized carbons (Fsp3) is 0.615. The van der Waals surface area contributed by atoms with Crippen molar-refractivity contribution in [2.75, 3.05) is 50.5 Å². The second-order valence-electron chi connectivity index (χ2n) is 16.8. The summed E-state index contributed by atoms with van der Waals surface area (Å²) in [6, 6.07) is 1.10. The number of aliphatic carboxylic acids is 1. The molecule has 318 valence electrons. The minimum Gasteiger partial charge on any atom is -0.481 e. The maximum Gasteiger partial charge on any atom is 0.418 e. The first-order valence-corrected chi connectivity index (χ1v) is 19.6. The standard InChI is InChI=1S/C39H48ClF6N7O5/c1-21-14-26(47)48-32(29(21)39(44,45)46)28-25(40)15-24-31(30(28)41)49-34(50-33(24)52-16-22-11-12-23(17-52)53(22)35(56)58-36(2,3)4)57-20-37(18-38(37,42)43)19-51(5)13-9-7-6-8-10-27(54)55/h14-15,22-23H,6-13,16-20H2,1-5H3,(H2,47,48)(H,54,55)/t22?,23?,37-/m1/s1. The smallest absolute Gasteiger partial charge is 0.418 e. The number of nitrogens with zero attached hydrogens (tertiary/aromatic N) is 6. The Morgan fingerprint density at radius 3 is 2.28 bits per heavy atom. The molecule has 3 aliphatic rings. The number of unbranched alkanes of at least 4 members (excludes halogenated alkanes) is 3. The quantitative estimate of drug-likeness (QED) is 0.119. The summed E-state index contributed by atoms with van der Waals surface area (Å²) in [6.07, 6.45) is -2.02. The number of rotatable bonds is 14. The normalized spacial score (nSPS) is 21.5. The highest BCUT2D eigenvalue weighted by molar-refractivity contribution is 6.34. The summed E-state index contributed by atoms with van der Waals surface area (Å²) in [5.41, 5.74) is -0.117. The lowest BCUT2D eigenvalue weighted by Gasteiger charge is -2.42. The summed E-state index contributed by atoms with van der Waals surface area (Å²) in [4.78, 5) is 41.9. The predicted octanol–water partition coefficient (Wildman–Crippen LogP) is 8.35. The molecular weight excluding hydrogens is 796 g/mol. The number of carboxylic acids is 1. The molecular formula is C39H48ClF6N7O5. The number of hydrogen-bond donors (Lipinski definition) is 2. The molecule has 19 heteroatoms. The third-order valence-electron chi connectivity index (χ3n) is 10.9. The molecule has 2 aliphatic heterocycles. The van der Waals surface area contributed by atoms with Gasteiger partial charge in [-0.1, -0.05) is 24.4 Å². The van der Waals surface area contributed by atoms with Crippen molar-refractivity contribution in [1.29, 1.82) is 0 Å². The molecule has 1 aliphatic carbocycles. The highest BCUT2D eigenvalue weighted by Crippen LogP contribution is 2.61. The molecule has 3 aromatic rings. The molecule has 1 aromatic carbocycles. The Kier molecular flexibility index (Phi) is 12.0. The first-order chi connectivity index (χ1) is 27.0. The number of carboxylic acid groups (broad SMARTS) is 1. The average Bonchev–Trinajstić information content (AvgIpc) is 3.51. The molecule has 12 nitrogen and oxygen atoms in total. The summed E-state index contributed by atoms with van der Waals surface area (Å²) in [5.74, 6) is -5.46. The van der Waals surface area contributed by atoms with Gasteiger partial charge >= 0.3 is 24.2 Å². The van der Waals surface area contributed by atoms with Gasteiger partial charge in [0.05, 0.1) is 39.3 Å². The lowest BCUT2D eigenvalue weighted by atomic mass is 9.99. The van der Waals surface area contributed by atoms with Crippen LogP contribution in [-0.4, -0.2) is 105 Å². The van der Waals surface area contributed by atoms with E-state index >= 15 is 13.2 Å². The van der Waals surface area contributed by atoms with Crippen molar-refractivity contribution >= 4 is 46.2 Å². The van der Waals surface area contributed by atoms with Crippen LogP contribution in [0.15, 0.2) is 12.1 Å². The van der Waals surface area contributed by atoms with Crippen LogP contribution in [0.3, 0.4) is 0 Å². The fourth-order valence-corrected chi connectivity index (χ4v) is 8.45. The van der Waals surface area contributed by atoms with E-state index < -0.39 is 87.4 Å². The highest BCUT2D eigenvalue weighted by atomic mass is 35.5. The number of carbonyl (C=O) groups excluding carboxylic acids is 1. The predicted molar refractivity (Wildman–Crippen MR) is 205 cm³/mol. The Labute approximate surface area is 337 Å². The molecule has 3 atom stereocenters. The van der Waals surface area contributed by atoms with Crippen molar-refractivity contribution in [3.05, 3.63) is 34.1 Å². The Morgan fingerprint density at radius 1 is 1.05 bits per heavy atom. The van der Waals surface area contributed by atoms with Crippen LogP contribution < -0.4 is 15.4 Å². The van der Waals surface area contributed by atoms with Crippen LogP contribution >= 0.6 is 11.6 Å². The van der Waals surface area contributed by atoms with Gasteiger partial charge in [-0.25, -0.2) is 22.9 Å². The molecule has 4 heterocycles. The van der Waals surface area contributed by atoms with Gasteiger partial charge in [0.15, 0.2) is 5.82 Å². The molecule has 0 radical (unpaired) electrons. The van der Waals surface area contributed by atoms with E-state index in [4.69, 9.17) is 31.9 Å². The van der Waals surface area contributed by atoms with Gasteiger partial charge in [0.1, 0.15) is 29.4 Å². The van der Waals surface area contributed by atoms with Crippen LogP contribution in [0.25, 0.3) is 22.2 Å². The average molecular weight is 844 g/mol. The second-order valence-corrected chi connectivity index (χ2v) is 17.2. The van der Waals surface area contributed by atoms with E-state index in [0.29, 0.717) is 38.6 Å². The first kappa shape index (κ1) is 43.3. The zero-order valence-electron chi connectivity index (χ0n) is 33.0. The number of halogens is 7. The molecule has 1 amide bonds. The number of hydrogen-bond acceptors (Lipinski definition) is 10. The topological polar surface area (TPSA) is 147 Å². The van der Waals surface area contributed by atoms with Gasteiger partial charge in [-0.3, -0.25) is 9.69 Å². The van der Waals surface area contributed by atoms with Gasteiger partial charge in [0.2, 0.25) is 0 Å². The molecule has 3 fully saturated rings. The minimum atomic E-state index is -4.97. The second kappa shape index (κ2) is 16.0. The van der Waals surface area contributed by atoms with Crippen LogP contribution in [0.5, 0.6) is 6.01 Å². The van der Waals surface area contributed by atoms with Gasteiger partial charge < -0.3 is 30.1 Å². The molecule has 2 aromatic heterocycles. The zero-order valence-corrected chi connectivity index (χ0v) is 33.7. The summed E-state index contributed by atoms with van der Waals surface area (Å²) < 4.78 is 102. The van der Waals surface area contributed by atoms with Crippen molar-refractivity contribution in [2.45, 2.75) is 109 Å². The van der Waals surface area contributed by atoms with E-state index in [0.717, 1.165) is 19.4 Å².